The van der Waals surface area contributed by atoms with Gasteiger partial charge in [-0.05, 0) is 32.1 Å². The van der Waals surface area contributed by atoms with Crippen LogP contribution < -0.4 is 0 Å². The van der Waals surface area contributed by atoms with Crippen molar-refractivity contribution in [3.63, 3.8) is 0 Å². The molecule has 0 fully saturated rings. The first-order valence-corrected chi connectivity index (χ1v) is 19.3. The highest BCUT2D eigenvalue weighted by atomic mass is 16.1. The minimum absolute atomic E-state index is 0.744. The Bertz CT molecular complexity index is 507. The van der Waals surface area contributed by atoms with E-state index in [4.69, 9.17) is 0 Å². The van der Waals surface area contributed by atoms with Crippen LogP contribution in [0.5, 0.6) is 0 Å². The zero-order valence-electron chi connectivity index (χ0n) is 31.1. The van der Waals surface area contributed by atoms with Crippen LogP contribution in [0.3, 0.4) is 0 Å². The lowest BCUT2D eigenvalue weighted by molar-refractivity contribution is -0.108. The molecule has 0 unspecified atom stereocenters. The van der Waals surface area contributed by atoms with E-state index in [9.17, 15) is 24.0 Å². The molecule has 0 aromatic heterocycles. The third kappa shape index (κ3) is 85.8. The number of hydrogen-bond acceptors (Lipinski definition) is 5. The van der Waals surface area contributed by atoms with Gasteiger partial charge in [-0.3, -0.25) is 0 Å². The molecule has 0 aromatic rings. The van der Waals surface area contributed by atoms with E-state index in [1.807, 2.05) is 0 Å². The first-order valence-electron chi connectivity index (χ1n) is 19.3. The van der Waals surface area contributed by atoms with Gasteiger partial charge >= 0.3 is 0 Å². The van der Waals surface area contributed by atoms with Gasteiger partial charge in [-0.25, -0.2) is 0 Å². The maximum Gasteiger partial charge on any atom is 0.119 e. The summed E-state index contributed by atoms with van der Waals surface area (Å²) in [6, 6.07) is 0. The molecule has 0 rings (SSSR count). The molecule has 0 N–H and O–H groups in total. The highest BCUT2D eigenvalue weighted by Gasteiger charge is 1.90. The summed E-state index contributed by atoms with van der Waals surface area (Å²) in [6.07, 6.45) is 39.9. The van der Waals surface area contributed by atoms with E-state index in [1.165, 1.54) is 128 Å². The average molecular weight is 641 g/mol. The molecule has 0 aliphatic heterocycles. The molecule has 0 saturated carbocycles. The van der Waals surface area contributed by atoms with Crippen LogP contribution >= 0.6 is 0 Å². The zero-order valence-corrected chi connectivity index (χ0v) is 31.1. The van der Waals surface area contributed by atoms with E-state index in [1.54, 1.807) is 0 Å². The van der Waals surface area contributed by atoms with E-state index in [2.05, 4.69) is 34.6 Å². The molecule has 45 heavy (non-hydrogen) atoms. The molecule has 0 radical (unpaired) electrons. The normalized spacial score (nSPS) is 9.44. The van der Waals surface area contributed by atoms with Crippen molar-refractivity contribution >= 4 is 31.4 Å². The summed E-state index contributed by atoms with van der Waals surface area (Å²) in [5.74, 6) is 0. The van der Waals surface area contributed by atoms with Gasteiger partial charge in [0.25, 0.3) is 0 Å². The second-order valence-electron chi connectivity index (χ2n) is 11.8. The van der Waals surface area contributed by atoms with Gasteiger partial charge in [-0.1, -0.05) is 163 Å². The van der Waals surface area contributed by atoms with Gasteiger partial charge in [-0.2, -0.15) is 0 Å². The van der Waals surface area contributed by atoms with Crippen molar-refractivity contribution in [2.24, 2.45) is 0 Å². The van der Waals surface area contributed by atoms with E-state index < -0.39 is 0 Å². The van der Waals surface area contributed by atoms with Crippen LogP contribution in [0, 0.1) is 0 Å². The highest BCUT2D eigenvalue weighted by molar-refractivity contribution is 5.49. The number of aldehydes is 5. The summed E-state index contributed by atoms with van der Waals surface area (Å²) in [7, 11) is 0. The highest BCUT2D eigenvalue weighted by Crippen LogP contribution is 2.07. The molecule has 0 aliphatic carbocycles. The zero-order chi connectivity index (χ0) is 34.7. The predicted molar refractivity (Wildman–Crippen MR) is 197 cm³/mol. The smallest absolute Gasteiger partial charge is 0.119 e. The third-order valence-electron chi connectivity index (χ3n) is 7.13. The maximum absolute atomic E-state index is 9.94. The van der Waals surface area contributed by atoms with Gasteiger partial charge in [0.05, 0.1) is 0 Å². The number of unbranched alkanes of at least 4 members (excludes halogenated alkanes) is 25. The first kappa shape index (κ1) is 52.9. The Balaban J connectivity index is -0.000000149. The van der Waals surface area contributed by atoms with E-state index in [0.717, 1.165) is 95.6 Å². The van der Waals surface area contributed by atoms with Crippen LogP contribution in [0.4, 0.5) is 0 Å². The van der Waals surface area contributed by atoms with Gasteiger partial charge in [0.2, 0.25) is 0 Å². The fraction of sp³-hybridized carbons (Fsp3) is 0.875. The van der Waals surface area contributed by atoms with Gasteiger partial charge in [-0.15, -0.1) is 0 Å². The molecular weight excluding hydrogens is 560 g/mol. The Labute approximate surface area is 282 Å². The molecule has 270 valence electrons. The van der Waals surface area contributed by atoms with Crippen LogP contribution in [0.25, 0.3) is 0 Å². The van der Waals surface area contributed by atoms with Crippen molar-refractivity contribution in [3.8, 4) is 0 Å². The lowest BCUT2D eigenvalue weighted by Crippen LogP contribution is -1.80. The lowest BCUT2D eigenvalue weighted by atomic mass is 10.1. The Morgan fingerprint density at radius 2 is 0.356 bits per heavy atom. The molecule has 0 atom stereocenters. The largest absolute Gasteiger partial charge is 0.303 e. The monoisotopic (exact) mass is 641 g/mol. The van der Waals surface area contributed by atoms with Crippen molar-refractivity contribution in [3.05, 3.63) is 0 Å². The fourth-order valence-electron chi connectivity index (χ4n) is 4.16. The van der Waals surface area contributed by atoms with Crippen molar-refractivity contribution in [1.82, 2.24) is 0 Å². The molecule has 0 saturated heterocycles. The minimum atomic E-state index is 0.744. The van der Waals surface area contributed by atoms with Crippen molar-refractivity contribution in [2.75, 3.05) is 0 Å². The lowest BCUT2D eigenvalue weighted by Gasteiger charge is -1.97. The third-order valence-corrected chi connectivity index (χ3v) is 7.13. The van der Waals surface area contributed by atoms with E-state index >= 15 is 0 Å². The van der Waals surface area contributed by atoms with Crippen molar-refractivity contribution in [1.29, 1.82) is 0 Å². The Morgan fingerprint density at radius 1 is 0.222 bits per heavy atom. The SMILES string of the molecule is CCCCCC=O.CCCCCCC=O.CCCCCCCC=O.CCCCCCCCC=O.CCCCCCCCCC=O. The van der Waals surface area contributed by atoms with Crippen LogP contribution in [-0.2, 0) is 24.0 Å². The summed E-state index contributed by atoms with van der Waals surface area (Å²) in [4.78, 5) is 49.1. The first-order chi connectivity index (χ1) is 22.1. The number of rotatable bonds is 30. The summed E-state index contributed by atoms with van der Waals surface area (Å²) >= 11 is 0. The molecular formula is C40H80O5. The Kier molecular flexibility index (Phi) is 76.5. The minimum Gasteiger partial charge on any atom is -0.303 e. The molecule has 5 nitrogen and oxygen atoms in total. The predicted octanol–water partition coefficient (Wildman–Crippen LogP) is 12.7. The quantitative estimate of drug-likeness (QED) is 0.0576. The summed E-state index contributed by atoms with van der Waals surface area (Å²) in [5, 5.41) is 0. The molecule has 5 heteroatoms. The Morgan fingerprint density at radius 3 is 0.556 bits per heavy atom. The Hall–Kier alpha value is -1.65. The van der Waals surface area contributed by atoms with Crippen LogP contribution in [0.1, 0.15) is 227 Å². The summed E-state index contributed by atoms with van der Waals surface area (Å²) in [5.41, 5.74) is 0. The van der Waals surface area contributed by atoms with Gasteiger partial charge in [0, 0.05) is 32.1 Å². The maximum atomic E-state index is 9.94. The molecule has 0 aliphatic rings. The van der Waals surface area contributed by atoms with Gasteiger partial charge < -0.3 is 24.0 Å². The second kappa shape index (κ2) is 65.1. The van der Waals surface area contributed by atoms with Crippen LogP contribution in [0.15, 0.2) is 0 Å². The van der Waals surface area contributed by atoms with Crippen LogP contribution in [-0.4, -0.2) is 31.4 Å². The van der Waals surface area contributed by atoms with Crippen LogP contribution in [0.2, 0.25) is 0 Å². The molecule has 0 aromatic carbocycles. The fourth-order valence-corrected chi connectivity index (χ4v) is 4.16. The molecule has 0 spiro atoms. The van der Waals surface area contributed by atoms with Crippen molar-refractivity contribution in [2.45, 2.75) is 227 Å². The number of carbonyl (C=O) groups is 5. The van der Waals surface area contributed by atoms with Crippen molar-refractivity contribution < 1.29 is 24.0 Å². The summed E-state index contributed by atoms with van der Waals surface area (Å²) in [6.45, 7) is 10.9. The standard InChI is InChI=1S/C10H20O.C9H18O.C8H16O.C7H14O.C6H12O/c1-2-3-4-5-6-7-8-9-10-11;1-2-3-4-5-6-7-8-9-10;1-2-3-4-5-6-7-8-9;1-2-3-4-5-6-7-8;1-2-3-4-5-6-7/h10H,2-9H2,1H3;9H,2-8H2,1H3;8H,2-7H2,1H3;7H,2-6H2,1H3;6H,2-5H2,1H3. The summed E-state index contributed by atoms with van der Waals surface area (Å²) < 4.78 is 0. The second-order valence-corrected chi connectivity index (χ2v) is 11.8. The molecule has 0 heterocycles. The van der Waals surface area contributed by atoms with Gasteiger partial charge in [0.1, 0.15) is 31.4 Å². The number of hydrogen-bond donors (Lipinski definition) is 0. The average Bonchev–Trinajstić information content (AvgIpc) is 3.06. The van der Waals surface area contributed by atoms with Gasteiger partial charge in [0.15, 0.2) is 0 Å². The number of carbonyl (C=O) groups excluding carboxylic acids is 5. The molecule has 0 amide bonds. The van der Waals surface area contributed by atoms with E-state index in [-0.39, 0.29) is 0 Å². The van der Waals surface area contributed by atoms with E-state index in [0.29, 0.717) is 0 Å². The topological polar surface area (TPSA) is 85.3 Å². The molecule has 0 bridgehead atoms.